The van der Waals surface area contributed by atoms with E-state index in [1.807, 2.05) is 0 Å². The van der Waals surface area contributed by atoms with Crippen molar-refractivity contribution in [3.63, 3.8) is 0 Å². The fraction of sp³-hybridized carbons (Fsp3) is 0.529. The van der Waals surface area contributed by atoms with Gasteiger partial charge in [0.25, 0.3) is 0 Å². The van der Waals surface area contributed by atoms with E-state index in [2.05, 4.69) is 65.1 Å². The van der Waals surface area contributed by atoms with E-state index in [-0.39, 0.29) is 11.5 Å². The molecule has 2 nitrogen and oxygen atoms in total. The van der Waals surface area contributed by atoms with Gasteiger partial charge in [-0.05, 0) is 37.4 Å². The van der Waals surface area contributed by atoms with Gasteiger partial charge in [0.2, 0.25) is 0 Å². The molecular weight excluding hydrogens is 234 g/mol. The van der Waals surface area contributed by atoms with Gasteiger partial charge in [0, 0.05) is 10.9 Å². The summed E-state index contributed by atoms with van der Waals surface area (Å²) in [4.78, 5) is 0. The van der Waals surface area contributed by atoms with Gasteiger partial charge in [-0.1, -0.05) is 39.8 Å². The first kappa shape index (κ1) is 14.1. The van der Waals surface area contributed by atoms with Crippen LogP contribution in [0.25, 0.3) is 11.0 Å². The van der Waals surface area contributed by atoms with Gasteiger partial charge in [-0.2, -0.15) is 0 Å². The van der Waals surface area contributed by atoms with Gasteiger partial charge >= 0.3 is 0 Å². The van der Waals surface area contributed by atoms with Crippen molar-refractivity contribution in [2.75, 3.05) is 6.54 Å². The number of hydrogen-bond acceptors (Lipinski definition) is 2. The lowest BCUT2D eigenvalue weighted by Crippen LogP contribution is -2.16. The molecule has 0 radical (unpaired) electrons. The van der Waals surface area contributed by atoms with Crippen molar-refractivity contribution in [1.29, 1.82) is 0 Å². The number of hydrogen-bond donors (Lipinski definition) is 1. The van der Waals surface area contributed by atoms with Crippen LogP contribution in [0.5, 0.6) is 0 Å². The zero-order valence-corrected chi connectivity index (χ0v) is 12.9. The van der Waals surface area contributed by atoms with Crippen LogP contribution < -0.4 is 5.32 Å². The maximum absolute atomic E-state index is 6.16. The summed E-state index contributed by atoms with van der Waals surface area (Å²) < 4.78 is 6.16. The highest BCUT2D eigenvalue weighted by Gasteiger charge is 2.21. The lowest BCUT2D eigenvalue weighted by Gasteiger charge is -2.19. The third kappa shape index (κ3) is 2.69. The molecule has 1 aromatic heterocycles. The second kappa shape index (κ2) is 5.01. The Hall–Kier alpha value is -1.28. The minimum absolute atomic E-state index is 0.0997. The van der Waals surface area contributed by atoms with Crippen molar-refractivity contribution in [3.8, 4) is 0 Å². The standard InChI is InChI=1S/C17H25NO/c1-7-18-12(3)15-10-13-11(2)8-9-14(16(13)19-15)17(4,5)6/h8-10,12,18H,7H2,1-6H3. The van der Waals surface area contributed by atoms with Crippen molar-refractivity contribution in [3.05, 3.63) is 35.1 Å². The number of aryl methyl sites for hydroxylation is 1. The summed E-state index contributed by atoms with van der Waals surface area (Å²) in [7, 11) is 0. The van der Waals surface area contributed by atoms with E-state index < -0.39 is 0 Å². The van der Waals surface area contributed by atoms with Gasteiger partial charge in [0.15, 0.2) is 0 Å². The van der Waals surface area contributed by atoms with Gasteiger partial charge in [0.05, 0.1) is 6.04 Å². The van der Waals surface area contributed by atoms with Gasteiger partial charge in [0.1, 0.15) is 11.3 Å². The molecule has 104 valence electrons. The van der Waals surface area contributed by atoms with Crippen LogP contribution >= 0.6 is 0 Å². The number of rotatable bonds is 3. The van der Waals surface area contributed by atoms with Crippen molar-refractivity contribution >= 4 is 11.0 Å². The van der Waals surface area contributed by atoms with E-state index in [1.165, 1.54) is 16.5 Å². The minimum Gasteiger partial charge on any atom is -0.459 e. The Morgan fingerprint density at radius 1 is 1.26 bits per heavy atom. The summed E-state index contributed by atoms with van der Waals surface area (Å²) >= 11 is 0. The molecule has 1 atom stereocenters. The first-order valence-corrected chi connectivity index (χ1v) is 7.11. The summed E-state index contributed by atoms with van der Waals surface area (Å²) in [5, 5.41) is 4.65. The zero-order valence-electron chi connectivity index (χ0n) is 12.9. The Morgan fingerprint density at radius 3 is 2.53 bits per heavy atom. The Kier molecular flexibility index (Phi) is 3.73. The van der Waals surface area contributed by atoms with Crippen LogP contribution in [-0.2, 0) is 5.41 Å². The summed E-state index contributed by atoms with van der Waals surface area (Å²) in [6.45, 7) is 14.0. The Bertz CT molecular complexity index is 575. The topological polar surface area (TPSA) is 25.2 Å². The maximum Gasteiger partial charge on any atom is 0.138 e. The van der Waals surface area contributed by atoms with Crippen molar-refractivity contribution in [2.45, 2.75) is 53.0 Å². The Labute approximate surface area is 116 Å². The largest absolute Gasteiger partial charge is 0.459 e. The van der Waals surface area contributed by atoms with Gasteiger partial charge < -0.3 is 9.73 Å². The third-order valence-electron chi connectivity index (χ3n) is 3.67. The monoisotopic (exact) mass is 259 g/mol. The fourth-order valence-electron chi connectivity index (χ4n) is 2.49. The molecular formula is C17H25NO. The van der Waals surface area contributed by atoms with E-state index in [9.17, 15) is 0 Å². The highest BCUT2D eigenvalue weighted by atomic mass is 16.3. The molecule has 1 unspecified atom stereocenters. The second-order valence-electron chi connectivity index (χ2n) is 6.35. The van der Waals surface area contributed by atoms with E-state index in [0.717, 1.165) is 17.9 Å². The summed E-state index contributed by atoms with van der Waals surface area (Å²) in [5.74, 6) is 1.02. The van der Waals surface area contributed by atoms with Gasteiger partial charge in [-0.3, -0.25) is 0 Å². The molecule has 0 bridgehead atoms. The molecule has 0 saturated heterocycles. The molecule has 0 fully saturated rings. The molecule has 2 aromatic rings. The third-order valence-corrected chi connectivity index (χ3v) is 3.67. The predicted octanol–water partition coefficient (Wildman–Crippen LogP) is 4.71. The molecule has 0 saturated carbocycles. The molecule has 0 aliphatic rings. The molecule has 19 heavy (non-hydrogen) atoms. The SMILES string of the molecule is CCNC(C)c1cc2c(C)ccc(C(C)(C)C)c2o1. The lowest BCUT2D eigenvalue weighted by atomic mass is 9.85. The molecule has 0 spiro atoms. The summed E-state index contributed by atoms with van der Waals surface area (Å²) in [6, 6.07) is 6.83. The molecule has 2 heteroatoms. The van der Waals surface area contributed by atoms with Crippen LogP contribution in [0.15, 0.2) is 22.6 Å². The van der Waals surface area contributed by atoms with Crippen molar-refractivity contribution in [2.24, 2.45) is 0 Å². The van der Waals surface area contributed by atoms with E-state index in [4.69, 9.17) is 4.42 Å². The molecule has 0 aliphatic heterocycles. The lowest BCUT2D eigenvalue weighted by molar-refractivity contribution is 0.453. The van der Waals surface area contributed by atoms with Crippen LogP contribution in [0.1, 0.15) is 57.5 Å². The molecule has 1 aromatic carbocycles. The van der Waals surface area contributed by atoms with Crippen molar-refractivity contribution in [1.82, 2.24) is 5.32 Å². The molecule has 2 rings (SSSR count). The van der Waals surface area contributed by atoms with Crippen LogP contribution in [0, 0.1) is 6.92 Å². The highest BCUT2D eigenvalue weighted by molar-refractivity contribution is 5.85. The van der Waals surface area contributed by atoms with Crippen LogP contribution in [-0.4, -0.2) is 6.54 Å². The number of fused-ring (bicyclic) bond motifs is 1. The molecule has 0 amide bonds. The first-order chi connectivity index (χ1) is 8.84. The van der Waals surface area contributed by atoms with Crippen LogP contribution in [0.3, 0.4) is 0 Å². The average molecular weight is 259 g/mol. The quantitative estimate of drug-likeness (QED) is 0.863. The smallest absolute Gasteiger partial charge is 0.138 e. The zero-order chi connectivity index (χ0) is 14.2. The average Bonchev–Trinajstić information content (AvgIpc) is 2.73. The van der Waals surface area contributed by atoms with Gasteiger partial charge in [-0.15, -0.1) is 0 Å². The van der Waals surface area contributed by atoms with E-state index in [1.54, 1.807) is 0 Å². The predicted molar refractivity (Wildman–Crippen MR) is 81.7 cm³/mol. The fourth-order valence-corrected chi connectivity index (χ4v) is 2.49. The number of furan rings is 1. The van der Waals surface area contributed by atoms with Crippen LogP contribution in [0.4, 0.5) is 0 Å². The first-order valence-electron chi connectivity index (χ1n) is 7.11. The number of nitrogens with one attached hydrogen (secondary N) is 1. The van der Waals surface area contributed by atoms with E-state index >= 15 is 0 Å². The van der Waals surface area contributed by atoms with Crippen LogP contribution in [0.2, 0.25) is 0 Å². The summed E-state index contributed by atoms with van der Waals surface area (Å²) in [6.07, 6.45) is 0. The molecule has 1 N–H and O–H groups in total. The highest BCUT2D eigenvalue weighted by Crippen LogP contribution is 2.35. The Balaban J connectivity index is 2.60. The number of benzene rings is 1. The minimum atomic E-state index is 0.0997. The normalized spacial score (nSPS) is 14.0. The molecule has 1 heterocycles. The van der Waals surface area contributed by atoms with E-state index in [0.29, 0.717) is 0 Å². The second-order valence-corrected chi connectivity index (χ2v) is 6.35. The molecule has 0 aliphatic carbocycles. The van der Waals surface area contributed by atoms with Crippen molar-refractivity contribution < 1.29 is 4.42 Å². The van der Waals surface area contributed by atoms with Gasteiger partial charge in [-0.25, -0.2) is 0 Å². The maximum atomic E-state index is 6.16. The summed E-state index contributed by atoms with van der Waals surface area (Å²) in [5.41, 5.74) is 3.71. The Morgan fingerprint density at radius 2 is 1.95 bits per heavy atom.